The number of halogens is 2. The Morgan fingerprint density at radius 3 is 2.33 bits per heavy atom. The lowest BCUT2D eigenvalue weighted by Gasteiger charge is -2.30. The van der Waals surface area contributed by atoms with Crippen molar-refractivity contribution in [3.8, 4) is 11.1 Å². The third-order valence-electron chi connectivity index (χ3n) is 7.88. The fraction of sp³-hybridized carbons (Fsp3) is 0.312. The number of carboxylic acids is 1. The van der Waals surface area contributed by atoms with Gasteiger partial charge in [-0.25, -0.2) is 13.6 Å². The third kappa shape index (κ3) is 5.87. The predicted octanol–water partition coefficient (Wildman–Crippen LogP) is 6.77. The van der Waals surface area contributed by atoms with Crippen LogP contribution in [0, 0.1) is 29.4 Å². The molecule has 202 valence electrons. The highest BCUT2D eigenvalue weighted by molar-refractivity contribution is 5.96. The minimum Gasteiger partial charge on any atom is -0.478 e. The molecular formula is C32H32F2N2O3. The zero-order valence-corrected chi connectivity index (χ0v) is 22.0. The normalized spacial score (nSPS) is 21.1. The van der Waals surface area contributed by atoms with Crippen LogP contribution >= 0.6 is 0 Å². The molecule has 0 aliphatic heterocycles. The molecule has 0 aromatic heterocycles. The van der Waals surface area contributed by atoms with Crippen LogP contribution in [0.3, 0.4) is 0 Å². The van der Waals surface area contributed by atoms with Crippen LogP contribution in [0.5, 0.6) is 0 Å². The van der Waals surface area contributed by atoms with Gasteiger partial charge >= 0.3 is 5.97 Å². The van der Waals surface area contributed by atoms with Gasteiger partial charge in [0.2, 0.25) is 5.91 Å². The maximum Gasteiger partial charge on any atom is 0.328 e. The van der Waals surface area contributed by atoms with E-state index in [1.807, 2.05) is 43.3 Å². The topological polar surface area (TPSA) is 60.9 Å². The lowest BCUT2D eigenvalue weighted by Crippen LogP contribution is -2.38. The summed E-state index contributed by atoms with van der Waals surface area (Å²) >= 11 is 0. The van der Waals surface area contributed by atoms with Crippen LogP contribution in [0.15, 0.2) is 66.7 Å². The van der Waals surface area contributed by atoms with Crippen LogP contribution in [0.25, 0.3) is 17.2 Å². The van der Waals surface area contributed by atoms with E-state index >= 15 is 4.39 Å². The van der Waals surface area contributed by atoms with Gasteiger partial charge in [0.15, 0.2) is 0 Å². The molecule has 0 saturated heterocycles. The molecule has 5 nitrogen and oxygen atoms in total. The van der Waals surface area contributed by atoms with Gasteiger partial charge in [-0.15, -0.1) is 0 Å². The molecule has 39 heavy (non-hydrogen) atoms. The molecule has 2 saturated carbocycles. The van der Waals surface area contributed by atoms with Gasteiger partial charge in [0.25, 0.3) is 0 Å². The molecule has 7 heteroatoms. The van der Waals surface area contributed by atoms with Gasteiger partial charge in [-0.05, 0) is 90.3 Å². The molecule has 2 fully saturated rings. The average Bonchev–Trinajstić information content (AvgIpc) is 3.56. The molecule has 0 heterocycles. The number of carbonyl (C=O) groups is 2. The summed E-state index contributed by atoms with van der Waals surface area (Å²) in [6.45, 7) is -1.46. The Balaban J connectivity index is 1.51. The largest absolute Gasteiger partial charge is 0.478 e. The summed E-state index contributed by atoms with van der Waals surface area (Å²) in [4.78, 5) is 28.1. The number of benzene rings is 3. The predicted molar refractivity (Wildman–Crippen MR) is 149 cm³/mol. The fourth-order valence-corrected chi connectivity index (χ4v) is 5.89. The Morgan fingerprint density at radius 1 is 0.974 bits per heavy atom. The van der Waals surface area contributed by atoms with Gasteiger partial charge in [-0.3, -0.25) is 4.79 Å². The summed E-state index contributed by atoms with van der Waals surface area (Å²) in [6.07, 6.45) is 5.78. The number of anilines is 2. The minimum atomic E-state index is -1.46. The quantitative estimate of drug-likeness (QED) is 0.326. The lowest BCUT2D eigenvalue weighted by atomic mass is 9.87. The molecule has 1 amide bonds. The number of fused-ring (bicyclic) bond motifs is 2. The standard InChI is InChI=1S/C32H32F2N2O3/c1-35(2)27-10-8-22(9-11-27)23-6-7-25(30(34)17-23)19-36(32(39)29-16-20-3-5-24(29)13-20)28-15-21(4-12-31(37)38)14-26(33)18-28/h4,6-12,14-15,17-18,20,24,29H,3,5,13,16,19H2,1-2H3,(H,37,38)/b12-4+/t20-,24+,29-/m1/s1/i19D/t19?,20-,24+,29-. The van der Waals surface area contributed by atoms with Crippen LogP contribution in [-0.2, 0) is 16.1 Å². The Morgan fingerprint density at radius 2 is 1.72 bits per heavy atom. The zero-order valence-electron chi connectivity index (χ0n) is 23.0. The zero-order chi connectivity index (χ0) is 28.6. The first kappa shape index (κ1) is 25.3. The average molecular weight is 532 g/mol. The van der Waals surface area contributed by atoms with E-state index in [9.17, 15) is 14.0 Å². The van der Waals surface area contributed by atoms with Gasteiger partial charge in [0.05, 0.1) is 7.89 Å². The van der Waals surface area contributed by atoms with Crippen LogP contribution in [0.2, 0.25) is 0 Å². The highest BCUT2D eigenvalue weighted by Crippen LogP contribution is 2.49. The molecule has 4 atom stereocenters. The monoisotopic (exact) mass is 531 g/mol. The van der Waals surface area contributed by atoms with Crippen molar-refractivity contribution >= 4 is 29.3 Å². The van der Waals surface area contributed by atoms with Crippen LogP contribution in [0.1, 0.15) is 38.2 Å². The molecule has 0 spiro atoms. The molecule has 0 radical (unpaired) electrons. The van der Waals surface area contributed by atoms with Crippen molar-refractivity contribution in [2.75, 3.05) is 23.9 Å². The molecule has 2 bridgehead atoms. The number of carbonyl (C=O) groups excluding carboxylic acids is 1. The van der Waals surface area contributed by atoms with E-state index in [2.05, 4.69) is 0 Å². The number of hydrogen-bond acceptors (Lipinski definition) is 3. The number of amides is 1. The molecule has 1 unspecified atom stereocenters. The number of hydrogen-bond donors (Lipinski definition) is 1. The molecule has 3 aromatic rings. The van der Waals surface area contributed by atoms with Crippen molar-refractivity contribution in [2.45, 2.75) is 32.2 Å². The van der Waals surface area contributed by atoms with Crippen LogP contribution in [-0.4, -0.2) is 31.1 Å². The Hall–Kier alpha value is -4.00. The summed E-state index contributed by atoms with van der Waals surface area (Å²) in [5.74, 6) is -2.50. The first-order chi connectivity index (χ1) is 19.1. The van der Waals surface area contributed by atoms with Gasteiger partial charge in [-0.1, -0.05) is 30.7 Å². The highest BCUT2D eigenvalue weighted by Gasteiger charge is 2.44. The van der Waals surface area contributed by atoms with Gasteiger partial charge in [0.1, 0.15) is 11.6 Å². The van der Waals surface area contributed by atoms with E-state index in [0.29, 0.717) is 17.9 Å². The number of carboxylic acid groups (broad SMARTS) is 1. The minimum absolute atomic E-state index is 0.00272. The van der Waals surface area contributed by atoms with Crippen LogP contribution in [0.4, 0.5) is 20.2 Å². The maximum atomic E-state index is 15.6. The number of rotatable bonds is 8. The Kier molecular flexibility index (Phi) is 7.14. The molecule has 3 aromatic carbocycles. The van der Waals surface area contributed by atoms with E-state index in [-0.39, 0.29) is 34.6 Å². The maximum absolute atomic E-state index is 15.6. The molecular weight excluding hydrogens is 498 g/mol. The number of nitrogens with zero attached hydrogens (tertiary/aromatic N) is 2. The summed E-state index contributed by atoms with van der Waals surface area (Å²) in [6, 6.07) is 16.0. The van der Waals surface area contributed by atoms with Gasteiger partial charge in [0, 0.05) is 43.0 Å². The van der Waals surface area contributed by atoms with Crippen molar-refractivity contribution in [2.24, 2.45) is 17.8 Å². The van der Waals surface area contributed by atoms with Crippen molar-refractivity contribution in [1.29, 1.82) is 0 Å². The summed E-state index contributed by atoms with van der Waals surface area (Å²) in [5.41, 5.74) is 2.78. The second-order valence-electron chi connectivity index (χ2n) is 10.7. The van der Waals surface area contributed by atoms with Crippen LogP contribution < -0.4 is 9.80 Å². The van der Waals surface area contributed by atoms with E-state index in [4.69, 9.17) is 6.48 Å². The van der Waals surface area contributed by atoms with Gasteiger partial charge < -0.3 is 14.9 Å². The second-order valence-corrected chi connectivity index (χ2v) is 10.7. The lowest BCUT2D eigenvalue weighted by molar-refractivity contribution is -0.131. The molecule has 5 rings (SSSR count). The summed E-state index contributed by atoms with van der Waals surface area (Å²) in [7, 11) is 3.87. The second kappa shape index (κ2) is 11.0. The molecule has 1 N–H and O–H groups in total. The highest BCUT2D eigenvalue weighted by atomic mass is 19.1. The van der Waals surface area contributed by atoms with Crippen molar-refractivity contribution < 1.29 is 24.8 Å². The number of aliphatic carboxylic acids is 1. The smallest absolute Gasteiger partial charge is 0.328 e. The molecule has 2 aliphatic carbocycles. The summed E-state index contributed by atoms with van der Waals surface area (Å²) < 4.78 is 39.4. The van der Waals surface area contributed by atoms with E-state index in [1.54, 1.807) is 6.07 Å². The first-order valence-corrected chi connectivity index (χ1v) is 13.1. The fourth-order valence-electron chi connectivity index (χ4n) is 5.89. The summed E-state index contributed by atoms with van der Waals surface area (Å²) in [5, 5.41) is 9.01. The van der Waals surface area contributed by atoms with E-state index in [1.165, 1.54) is 29.2 Å². The first-order valence-electron chi connectivity index (χ1n) is 13.7. The third-order valence-corrected chi connectivity index (χ3v) is 7.88. The van der Waals surface area contributed by atoms with Gasteiger partial charge in [-0.2, -0.15) is 0 Å². The molecule has 2 aliphatic rings. The van der Waals surface area contributed by atoms with E-state index in [0.717, 1.165) is 48.7 Å². The van der Waals surface area contributed by atoms with Crippen molar-refractivity contribution in [3.63, 3.8) is 0 Å². The Labute approximate surface area is 228 Å². The van der Waals surface area contributed by atoms with E-state index < -0.39 is 24.1 Å². The van der Waals surface area contributed by atoms with Crippen molar-refractivity contribution in [3.05, 3.63) is 89.5 Å². The van der Waals surface area contributed by atoms with Crippen molar-refractivity contribution in [1.82, 2.24) is 0 Å². The Bertz CT molecular complexity index is 1460. The SMILES string of the molecule is [2H]C(c1ccc(-c2ccc(N(C)C)cc2)cc1F)N(C(=O)[C@@H]1C[C@@H]2CC[C@H]1C2)c1cc(F)cc(/C=C/C(=O)O)c1.